The third-order valence-electron chi connectivity index (χ3n) is 4.79. The van der Waals surface area contributed by atoms with Gasteiger partial charge in [0.25, 0.3) is 5.91 Å². The molecule has 0 saturated carbocycles. The van der Waals surface area contributed by atoms with Gasteiger partial charge in [0.1, 0.15) is 0 Å². The van der Waals surface area contributed by atoms with Gasteiger partial charge in [0.15, 0.2) is 20.9 Å². The largest absolute Gasteiger partial charge is 0.363 e. The van der Waals surface area contributed by atoms with E-state index in [9.17, 15) is 17.4 Å². The predicted molar refractivity (Wildman–Crippen MR) is 104 cm³/mol. The van der Waals surface area contributed by atoms with Gasteiger partial charge in [-0.25, -0.2) is 18.1 Å². The Kier molecular flexibility index (Phi) is 5.84. The van der Waals surface area contributed by atoms with E-state index in [2.05, 4.69) is 0 Å². The van der Waals surface area contributed by atoms with Gasteiger partial charge >= 0.3 is 0 Å². The number of rotatable bonds is 5. The van der Waals surface area contributed by atoms with Crippen LogP contribution in [0.25, 0.3) is 0 Å². The predicted octanol–water partition coefficient (Wildman–Crippen LogP) is 1.88. The van der Waals surface area contributed by atoms with Crippen molar-refractivity contribution in [2.75, 3.05) is 17.2 Å². The van der Waals surface area contributed by atoms with E-state index in [1.807, 2.05) is 24.0 Å². The Balaban J connectivity index is 1.98. The van der Waals surface area contributed by atoms with Crippen molar-refractivity contribution in [1.29, 1.82) is 0 Å². The number of fused-ring (bicyclic) bond motifs is 1. The molecule has 0 saturated heterocycles. The highest BCUT2D eigenvalue weighted by molar-refractivity contribution is 7.91. The van der Waals surface area contributed by atoms with Crippen molar-refractivity contribution in [2.24, 2.45) is 0 Å². The summed E-state index contributed by atoms with van der Waals surface area (Å²) in [5.41, 5.74) is 3.73. The molecule has 10 heteroatoms. The molecule has 28 heavy (non-hydrogen) atoms. The summed E-state index contributed by atoms with van der Waals surface area (Å²) in [6.45, 7) is 2.17. The molecule has 0 radical (unpaired) electrons. The van der Waals surface area contributed by atoms with E-state index in [1.54, 1.807) is 17.6 Å². The molecule has 1 aliphatic rings. The van der Waals surface area contributed by atoms with Crippen molar-refractivity contribution in [1.82, 2.24) is 5.48 Å². The molecule has 3 rings (SSSR count). The Morgan fingerprint density at radius 1 is 1.25 bits per heavy atom. The molecule has 0 aliphatic carbocycles. The molecule has 1 aliphatic heterocycles. The quantitative estimate of drug-likeness (QED) is 0.380. The van der Waals surface area contributed by atoms with E-state index in [0.29, 0.717) is 5.69 Å². The van der Waals surface area contributed by atoms with Crippen molar-refractivity contribution in [2.45, 2.75) is 23.6 Å². The lowest BCUT2D eigenvalue weighted by atomic mass is 10.0. The second-order valence-electron chi connectivity index (χ2n) is 6.52. The van der Waals surface area contributed by atoms with E-state index in [-0.39, 0.29) is 34.6 Å². The molecule has 2 atom stereocenters. The van der Waals surface area contributed by atoms with Gasteiger partial charge in [-0.15, -0.1) is 0 Å². The van der Waals surface area contributed by atoms with Crippen LogP contribution in [0.2, 0.25) is 0 Å². The van der Waals surface area contributed by atoms with Gasteiger partial charge in [-0.2, -0.15) is 0 Å². The smallest absolute Gasteiger partial charge is 0.274 e. The standard InChI is InChI=1S/C18H20N2O6S2/c1-12(14-4-2-13(3-5-14)11-27(23)24)20-8-9-28(25,26)17-7-6-15(10-16(17)20)18(21)19-22/h2-7,10,12,22H,8-9,11H2,1H3,(H,19,21)(H,23,24). The second-order valence-corrected chi connectivity index (χ2v) is 9.53. The van der Waals surface area contributed by atoms with E-state index in [4.69, 9.17) is 9.76 Å². The maximum atomic E-state index is 12.4. The molecule has 1 amide bonds. The molecule has 0 fully saturated rings. The minimum Gasteiger partial charge on any atom is -0.363 e. The average molecular weight is 425 g/mol. The van der Waals surface area contributed by atoms with Crippen LogP contribution in [-0.2, 0) is 26.7 Å². The van der Waals surface area contributed by atoms with Gasteiger partial charge in [-0.3, -0.25) is 10.0 Å². The molecular formula is C18H20N2O6S2. The van der Waals surface area contributed by atoms with Crippen molar-refractivity contribution in [3.05, 3.63) is 59.2 Å². The number of nitrogens with one attached hydrogen (secondary N) is 1. The fourth-order valence-electron chi connectivity index (χ4n) is 3.28. The minimum atomic E-state index is -3.46. The van der Waals surface area contributed by atoms with Gasteiger partial charge in [0, 0.05) is 12.1 Å². The van der Waals surface area contributed by atoms with E-state index >= 15 is 0 Å². The highest BCUT2D eigenvalue weighted by Crippen LogP contribution is 2.37. The van der Waals surface area contributed by atoms with E-state index < -0.39 is 26.8 Å². The fraction of sp³-hybridized carbons (Fsp3) is 0.278. The van der Waals surface area contributed by atoms with Crippen molar-refractivity contribution >= 4 is 32.5 Å². The number of nitrogens with zero attached hydrogens (tertiary/aromatic N) is 1. The zero-order valence-electron chi connectivity index (χ0n) is 15.0. The molecule has 2 aromatic rings. The molecule has 2 aromatic carbocycles. The first-order chi connectivity index (χ1) is 13.2. The summed E-state index contributed by atoms with van der Waals surface area (Å²) < 4.78 is 44.8. The van der Waals surface area contributed by atoms with Crippen molar-refractivity contribution < 1.29 is 27.2 Å². The number of sulfone groups is 1. The third kappa shape index (κ3) is 4.09. The third-order valence-corrected chi connectivity index (χ3v) is 7.10. The van der Waals surface area contributed by atoms with Gasteiger partial charge in [-0.05, 0) is 36.2 Å². The number of benzene rings is 2. The average Bonchev–Trinajstić information content (AvgIpc) is 2.66. The molecular weight excluding hydrogens is 404 g/mol. The van der Waals surface area contributed by atoms with Crippen LogP contribution in [0, 0.1) is 0 Å². The summed E-state index contributed by atoms with van der Waals surface area (Å²) in [6, 6.07) is 11.2. The maximum Gasteiger partial charge on any atom is 0.274 e. The summed E-state index contributed by atoms with van der Waals surface area (Å²) in [7, 11) is -3.46. The molecule has 0 bridgehead atoms. The summed E-state index contributed by atoms with van der Waals surface area (Å²) in [5.74, 6) is -0.726. The number of amides is 1. The summed E-state index contributed by atoms with van der Waals surface area (Å²) in [4.78, 5) is 13.8. The van der Waals surface area contributed by atoms with Crippen LogP contribution in [0.4, 0.5) is 5.69 Å². The molecule has 1 heterocycles. The molecule has 0 aromatic heterocycles. The Morgan fingerprint density at radius 3 is 2.54 bits per heavy atom. The maximum absolute atomic E-state index is 12.4. The number of hydroxylamine groups is 1. The monoisotopic (exact) mass is 424 g/mol. The molecule has 3 N–H and O–H groups in total. The van der Waals surface area contributed by atoms with E-state index in [0.717, 1.165) is 11.1 Å². The number of anilines is 1. The Morgan fingerprint density at radius 2 is 1.93 bits per heavy atom. The van der Waals surface area contributed by atoms with Crippen LogP contribution >= 0.6 is 0 Å². The summed E-state index contributed by atoms with van der Waals surface area (Å²) in [6.07, 6.45) is 0. The molecule has 2 unspecified atom stereocenters. The van der Waals surface area contributed by atoms with Crippen LogP contribution in [0.3, 0.4) is 0 Å². The zero-order valence-corrected chi connectivity index (χ0v) is 16.7. The normalized spacial score (nSPS) is 17.5. The molecule has 150 valence electrons. The first-order valence-corrected chi connectivity index (χ1v) is 11.4. The lowest BCUT2D eigenvalue weighted by Gasteiger charge is -2.36. The number of carbonyl (C=O) groups is 1. The highest BCUT2D eigenvalue weighted by atomic mass is 32.2. The number of hydrogen-bond acceptors (Lipinski definition) is 6. The van der Waals surface area contributed by atoms with Crippen LogP contribution in [0.1, 0.15) is 34.5 Å². The topological polar surface area (TPSA) is 124 Å². The van der Waals surface area contributed by atoms with E-state index in [1.165, 1.54) is 18.2 Å². The fourth-order valence-corrected chi connectivity index (χ4v) is 5.18. The lowest BCUT2D eigenvalue weighted by Crippen LogP contribution is -2.37. The van der Waals surface area contributed by atoms with Crippen LogP contribution in [-0.4, -0.2) is 40.6 Å². The number of hydrogen-bond donors (Lipinski definition) is 3. The summed E-state index contributed by atoms with van der Waals surface area (Å²) in [5, 5.41) is 8.87. The highest BCUT2D eigenvalue weighted by Gasteiger charge is 2.32. The number of carbonyl (C=O) groups excluding carboxylic acids is 1. The Labute approximate surface area is 165 Å². The van der Waals surface area contributed by atoms with Crippen LogP contribution in [0.15, 0.2) is 47.4 Å². The lowest BCUT2D eigenvalue weighted by molar-refractivity contribution is 0.0706. The molecule has 8 nitrogen and oxygen atoms in total. The van der Waals surface area contributed by atoms with Gasteiger partial charge in [0.2, 0.25) is 0 Å². The molecule has 0 spiro atoms. The van der Waals surface area contributed by atoms with Gasteiger partial charge < -0.3 is 9.45 Å². The SMILES string of the molecule is CC(c1ccc(CS(=O)O)cc1)N1CCS(=O)(=O)c2ccc(C(=O)NO)cc21. The van der Waals surface area contributed by atoms with Crippen LogP contribution < -0.4 is 10.4 Å². The summed E-state index contributed by atoms with van der Waals surface area (Å²) >= 11 is -1.92. The van der Waals surface area contributed by atoms with Gasteiger partial charge in [0.05, 0.1) is 28.1 Å². The first-order valence-electron chi connectivity index (χ1n) is 8.47. The van der Waals surface area contributed by atoms with Crippen LogP contribution in [0.5, 0.6) is 0 Å². The Bertz CT molecular complexity index is 1020. The van der Waals surface area contributed by atoms with Gasteiger partial charge in [-0.1, -0.05) is 24.3 Å². The second kappa shape index (κ2) is 8.00. The minimum absolute atomic E-state index is 0.0408. The van der Waals surface area contributed by atoms with Crippen molar-refractivity contribution in [3.63, 3.8) is 0 Å². The Hall–Kier alpha value is -2.27. The zero-order chi connectivity index (χ0) is 20.5. The van der Waals surface area contributed by atoms with Crippen molar-refractivity contribution in [3.8, 4) is 0 Å². The first kappa shape index (κ1) is 20.5.